The monoisotopic (exact) mass is 354 g/mol. The van der Waals surface area contributed by atoms with Crippen molar-refractivity contribution in [2.75, 3.05) is 7.11 Å². The molecule has 1 atom stereocenters. The van der Waals surface area contributed by atoms with E-state index in [9.17, 15) is 9.59 Å². The Bertz CT molecular complexity index is 737. The van der Waals surface area contributed by atoms with Gasteiger partial charge in [0.2, 0.25) is 5.91 Å². The van der Waals surface area contributed by atoms with Crippen molar-refractivity contribution >= 4 is 11.8 Å². The number of hydrogen-bond donors (Lipinski definition) is 2. The number of carbonyl (C=O) groups is 2. The maximum absolute atomic E-state index is 12.5. The van der Waals surface area contributed by atoms with Gasteiger partial charge in [0.25, 0.3) is 5.91 Å². The number of nitrogens with one attached hydrogen (secondary N) is 2. The molecule has 2 amide bonds. The summed E-state index contributed by atoms with van der Waals surface area (Å²) in [4.78, 5) is 25.0. The normalized spacial score (nSPS) is 11.7. The fourth-order valence-electron chi connectivity index (χ4n) is 2.51. The van der Waals surface area contributed by atoms with Gasteiger partial charge in [-0.2, -0.15) is 0 Å². The van der Waals surface area contributed by atoms with Gasteiger partial charge in [0.05, 0.1) is 7.11 Å². The largest absolute Gasteiger partial charge is 0.497 e. The molecule has 2 aromatic carbocycles. The molecule has 2 rings (SSSR count). The molecule has 0 saturated carbocycles. The van der Waals surface area contributed by atoms with Crippen molar-refractivity contribution in [2.24, 2.45) is 5.92 Å². The number of carbonyl (C=O) groups excluding carboxylic acids is 2. The standard InChI is InChI=1S/C21H26N2O3/c1-14(2)19(21(25)22-13-16-7-5-15(3)6-8-16)23-20(24)17-9-11-18(26-4)12-10-17/h5-12,14,19H,13H2,1-4H3,(H,22,25)(H,23,24). The Morgan fingerprint density at radius 3 is 2.15 bits per heavy atom. The summed E-state index contributed by atoms with van der Waals surface area (Å²) in [5, 5.41) is 5.72. The molecule has 0 radical (unpaired) electrons. The predicted molar refractivity (Wildman–Crippen MR) is 102 cm³/mol. The van der Waals surface area contributed by atoms with Crippen molar-refractivity contribution in [2.45, 2.75) is 33.4 Å². The molecule has 5 nitrogen and oxygen atoms in total. The minimum Gasteiger partial charge on any atom is -0.497 e. The molecule has 0 heterocycles. The van der Waals surface area contributed by atoms with Crippen LogP contribution in [0, 0.1) is 12.8 Å². The Balaban J connectivity index is 1.98. The predicted octanol–water partition coefficient (Wildman–Crippen LogP) is 3.07. The minimum absolute atomic E-state index is 0.0322. The van der Waals surface area contributed by atoms with E-state index in [1.54, 1.807) is 31.4 Å². The number of methoxy groups -OCH3 is 1. The quantitative estimate of drug-likeness (QED) is 0.803. The van der Waals surface area contributed by atoms with Gasteiger partial charge in [0, 0.05) is 12.1 Å². The molecule has 1 unspecified atom stereocenters. The molecule has 2 aromatic rings. The van der Waals surface area contributed by atoms with E-state index in [0.29, 0.717) is 17.9 Å². The molecule has 0 aliphatic rings. The Labute approximate surface area is 154 Å². The van der Waals surface area contributed by atoms with Crippen LogP contribution in [-0.2, 0) is 11.3 Å². The van der Waals surface area contributed by atoms with Gasteiger partial charge in [-0.05, 0) is 42.7 Å². The molecule has 0 aromatic heterocycles. The van der Waals surface area contributed by atoms with Gasteiger partial charge in [-0.25, -0.2) is 0 Å². The summed E-state index contributed by atoms with van der Waals surface area (Å²) in [6, 6.07) is 14.2. The third-order valence-corrected chi connectivity index (χ3v) is 4.18. The maximum atomic E-state index is 12.5. The lowest BCUT2D eigenvalue weighted by Crippen LogP contribution is -2.49. The van der Waals surface area contributed by atoms with Crippen LogP contribution in [0.25, 0.3) is 0 Å². The lowest BCUT2D eigenvalue weighted by atomic mass is 10.0. The molecule has 0 spiro atoms. The van der Waals surface area contributed by atoms with Crippen LogP contribution >= 0.6 is 0 Å². The average Bonchev–Trinajstić information content (AvgIpc) is 2.65. The second kappa shape index (κ2) is 9.04. The van der Waals surface area contributed by atoms with Crippen LogP contribution in [0.15, 0.2) is 48.5 Å². The van der Waals surface area contributed by atoms with E-state index < -0.39 is 6.04 Å². The summed E-state index contributed by atoms with van der Waals surface area (Å²) < 4.78 is 5.09. The Kier molecular flexibility index (Phi) is 6.78. The minimum atomic E-state index is -0.602. The number of amides is 2. The van der Waals surface area contributed by atoms with Gasteiger partial charge in [-0.1, -0.05) is 43.7 Å². The average molecular weight is 354 g/mol. The van der Waals surface area contributed by atoms with E-state index in [1.807, 2.05) is 45.0 Å². The lowest BCUT2D eigenvalue weighted by Gasteiger charge is -2.22. The fraction of sp³-hybridized carbons (Fsp3) is 0.333. The van der Waals surface area contributed by atoms with E-state index in [0.717, 1.165) is 5.56 Å². The SMILES string of the molecule is COc1ccc(C(=O)NC(C(=O)NCc2ccc(C)cc2)C(C)C)cc1. The third-order valence-electron chi connectivity index (χ3n) is 4.18. The van der Waals surface area contributed by atoms with Gasteiger partial charge < -0.3 is 15.4 Å². The number of ether oxygens (including phenoxy) is 1. The third kappa shape index (κ3) is 5.34. The van der Waals surface area contributed by atoms with Crippen molar-refractivity contribution < 1.29 is 14.3 Å². The van der Waals surface area contributed by atoms with Crippen LogP contribution in [-0.4, -0.2) is 25.0 Å². The zero-order valence-corrected chi connectivity index (χ0v) is 15.7. The van der Waals surface area contributed by atoms with E-state index in [1.165, 1.54) is 5.56 Å². The van der Waals surface area contributed by atoms with E-state index in [-0.39, 0.29) is 17.7 Å². The molecule has 5 heteroatoms. The second-order valence-electron chi connectivity index (χ2n) is 6.63. The van der Waals surface area contributed by atoms with Crippen molar-refractivity contribution in [3.8, 4) is 5.75 Å². The summed E-state index contributed by atoms with van der Waals surface area (Å²) in [5.74, 6) is 0.173. The molecule has 2 N–H and O–H groups in total. The summed E-state index contributed by atoms with van der Waals surface area (Å²) in [5.41, 5.74) is 2.68. The summed E-state index contributed by atoms with van der Waals surface area (Å²) in [7, 11) is 1.57. The van der Waals surface area contributed by atoms with Crippen LogP contribution in [0.3, 0.4) is 0 Å². The first-order valence-corrected chi connectivity index (χ1v) is 8.69. The zero-order valence-electron chi connectivity index (χ0n) is 15.7. The Morgan fingerprint density at radius 1 is 1.00 bits per heavy atom. The van der Waals surface area contributed by atoms with Gasteiger partial charge in [0.1, 0.15) is 11.8 Å². The van der Waals surface area contributed by atoms with Gasteiger partial charge in [0.15, 0.2) is 0 Å². The highest BCUT2D eigenvalue weighted by atomic mass is 16.5. The molecule has 0 saturated heterocycles. The van der Waals surface area contributed by atoms with Gasteiger partial charge >= 0.3 is 0 Å². The Morgan fingerprint density at radius 2 is 1.62 bits per heavy atom. The first-order chi connectivity index (χ1) is 12.4. The lowest BCUT2D eigenvalue weighted by molar-refractivity contribution is -0.124. The van der Waals surface area contributed by atoms with E-state index >= 15 is 0 Å². The molecule has 0 bridgehead atoms. The summed E-state index contributed by atoms with van der Waals surface area (Å²) >= 11 is 0. The van der Waals surface area contributed by atoms with E-state index in [2.05, 4.69) is 10.6 Å². The number of benzene rings is 2. The maximum Gasteiger partial charge on any atom is 0.251 e. The fourth-order valence-corrected chi connectivity index (χ4v) is 2.51. The smallest absolute Gasteiger partial charge is 0.251 e. The highest BCUT2D eigenvalue weighted by Gasteiger charge is 2.24. The van der Waals surface area contributed by atoms with Crippen molar-refractivity contribution in [1.29, 1.82) is 0 Å². The van der Waals surface area contributed by atoms with Crippen molar-refractivity contribution in [3.05, 3.63) is 65.2 Å². The molecular formula is C21H26N2O3. The molecule has 0 aliphatic carbocycles. The van der Waals surface area contributed by atoms with Crippen LogP contribution in [0.4, 0.5) is 0 Å². The molecule has 138 valence electrons. The highest BCUT2D eigenvalue weighted by Crippen LogP contribution is 2.12. The van der Waals surface area contributed by atoms with Gasteiger partial charge in [-0.15, -0.1) is 0 Å². The van der Waals surface area contributed by atoms with Crippen LogP contribution in [0.5, 0.6) is 5.75 Å². The molecular weight excluding hydrogens is 328 g/mol. The first kappa shape index (κ1) is 19.5. The summed E-state index contributed by atoms with van der Waals surface area (Å²) in [6.07, 6.45) is 0. The molecule has 0 aliphatic heterocycles. The van der Waals surface area contributed by atoms with Crippen molar-refractivity contribution in [3.63, 3.8) is 0 Å². The van der Waals surface area contributed by atoms with E-state index in [4.69, 9.17) is 4.74 Å². The Hall–Kier alpha value is -2.82. The number of aryl methyl sites for hydroxylation is 1. The first-order valence-electron chi connectivity index (χ1n) is 8.69. The van der Waals surface area contributed by atoms with Gasteiger partial charge in [-0.3, -0.25) is 9.59 Å². The zero-order chi connectivity index (χ0) is 19.1. The van der Waals surface area contributed by atoms with Crippen LogP contribution < -0.4 is 15.4 Å². The number of rotatable bonds is 7. The topological polar surface area (TPSA) is 67.4 Å². The van der Waals surface area contributed by atoms with Crippen LogP contribution in [0.2, 0.25) is 0 Å². The van der Waals surface area contributed by atoms with Crippen molar-refractivity contribution in [1.82, 2.24) is 10.6 Å². The highest BCUT2D eigenvalue weighted by molar-refractivity contribution is 5.97. The van der Waals surface area contributed by atoms with Crippen LogP contribution in [0.1, 0.15) is 35.3 Å². The summed E-state index contributed by atoms with van der Waals surface area (Å²) in [6.45, 7) is 6.27. The molecule has 26 heavy (non-hydrogen) atoms. The molecule has 0 fully saturated rings. The number of hydrogen-bond acceptors (Lipinski definition) is 3. The second-order valence-corrected chi connectivity index (χ2v) is 6.63.